The lowest BCUT2D eigenvalue weighted by Crippen LogP contribution is -2.30. The van der Waals surface area contributed by atoms with Crippen molar-refractivity contribution in [2.45, 2.75) is 31.8 Å². The largest absolute Gasteiger partial charge is 0.481 e. The first-order chi connectivity index (χ1) is 14.7. The normalized spacial score (nSPS) is 12.1. The van der Waals surface area contributed by atoms with E-state index in [4.69, 9.17) is 16.3 Å². The molecule has 0 saturated carbocycles. The topological polar surface area (TPSA) is 97.4 Å². The fourth-order valence-corrected chi connectivity index (χ4v) is 3.93. The van der Waals surface area contributed by atoms with Gasteiger partial charge in [-0.1, -0.05) is 17.7 Å². The van der Waals surface area contributed by atoms with E-state index in [2.05, 4.69) is 15.0 Å². The molecule has 2 aromatic carbocycles. The van der Waals surface area contributed by atoms with Crippen LogP contribution in [0.5, 0.6) is 5.75 Å². The Kier molecular flexibility index (Phi) is 6.82. The summed E-state index contributed by atoms with van der Waals surface area (Å²) in [6.07, 6.45) is 0.723. The van der Waals surface area contributed by atoms with Crippen molar-refractivity contribution in [1.82, 2.24) is 4.98 Å². The van der Waals surface area contributed by atoms with Crippen LogP contribution in [0.25, 0.3) is 0 Å². The van der Waals surface area contributed by atoms with E-state index in [1.165, 1.54) is 30.5 Å². The molecule has 2 N–H and O–H groups in total. The summed E-state index contributed by atoms with van der Waals surface area (Å²) in [5.41, 5.74) is 2.17. The molecule has 0 spiro atoms. The third kappa shape index (κ3) is 5.74. The molecule has 3 aromatic rings. The van der Waals surface area contributed by atoms with E-state index < -0.39 is 16.1 Å². The van der Waals surface area contributed by atoms with E-state index in [9.17, 15) is 13.2 Å². The molecule has 0 radical (unpaired) electrons. The molecule has 0 bridgehead atoms. The van der Waals surface area contributed by atoms with Gasteiger partial charge in [0.05, 0.1) is 4.90 Å². The Bertz CT molecular complexity index is 1160. The number of amides is 1. The number of sulfonamides is 1. The Morgan fingerprint density at radius 1 is 1.06 bits per heavy atom. The fourth-order valence-electron chi connectivity index (χ4n) is 2.81. The average Bonchev–Trinajstić information content (AvgIpc) is 2.72. The van der Waals surface area contributed by atoms with E-state index in [-0.39, 0.29) is 16.6 Å². The number of benzene rings is 2. The van der Waals surface area contributed by atoms with Gasteiger partial charge in [-0.3, -0.25) is 9.52 Å². The van der Waals surface area contributed by atoms with E-state index in [0.29, 0.717) is 16.5 Å². The molecule has 3 rings (SSSR count). The molecule has 1 atom stereocenters. The number of pyridine rings is 1. The zero-order valence-electron chi connectivity index (χ0n) is 17.2. The molecule has 0 aliphatic carbocycles. The van der Waals surface area contributed by atoms with Gasteiger partial charge < -0.3 is 10.1 Å². The van der Waals surface area contributed by atoms with Crippen molar-refractivity contribution < 1.29 is 17.9 Å². The van der Waals surface area contributed by atoms with Crippen LogP contribution >= 0.6 is 11.6 Å². The maximum absolute atomic E-state index is 12.5. The summed E-state index contributed by atoms with van der Waals surface area (Å²) in [5, 5.41) is 3.38. The molecule has 31 heavy (non-hydrogen) atoms. The van der Waals surface area contributed by atoms with Crippen molar-refractivity contribution >= 4 is 39.0 Å². The number of carbonyl (C=O) groups is 1. The smallest absolute Gasteiger partial charge is 0.265 e. The predicted molar refractivity (Wildman–Crippen MR) is 121 cm³/mol. The quantitative estimate of drug-likeness (QED) is 0.539. The average molecular weight is 460 g/mol. The monoisotopic (exact) mass is 459 g/mol. The summed E-state index contributed by atoms with van der Waals surface area (Å²) < 4.78 is 33.0. The van der Waals surface area contributed by atoms with Crippen LogP contribution in [0.1, 0.15) is 18.1 Å². The minimum absolute atomic E-state index is 0.0487. The highest BCUT2D eigenvalue weighted by atomic mass is 35.5. The van der Waals surface area contributed by atoms with Crippen LogP contribution in [-0.4, -0.2) is 25.4 Å². The van der Waals surface area contributed by atoms with Crippen LogP contribution in [0.2, 0.25) is 5.02 Å². The van der Waals surface area contributed by atoms with Crippen molar-refractivity contribution in [3.05, 3.63) is 76.9 Å². The number of anilines is 2. The van der Waals surface area contributed by atoms with Crippen molar-refractivity contribution in [2.24, 2.45) is 0 Å². The second-order valence-corrected chi connectivity index (χ2v) is 9.03. The standard InChI is InChI=1S/C22H22ClN3O4S/c1-14-12-18(13-15(2)21(14)23)30-16(3)22(27)25-17-7-9-19(10-8-17)31(28,29)26-20-6-4-5-11-24-20/h4-13,16H,1-3H3,(H,24,26)(H,25,27)/t16-/m0/s1. The van der Waals surface area contributed by atoms with Crippen molar-refractivity contribution in [3.63, 3.8) is 0 Å². The predicted octanol–water partition coefficient (Wildman–Crippen LogP) is 4.56. The third-order valence-corrected chi connectivity index (χ3v) is 6.39. The highest BCUT2D eigenvalue weighted by Crippen LogP contribution is 2.26. The summed E-state index contributed by atoms with van der Waals surface area (Å²) in [4.78, 5) is 16.5. The second-order valence-electron chi connectivity index (χ2n) is 6.97. The molecular weight excluding hydrogens is 438 g/mol. The van der Waals surface area contributed by atoms with Gasteiger partial charge >= 0.3 is 0 Å². The molecule has 1 amide bonds. The number of ether oxygens (including phenoxy) is 1. The molecule has 162 valence electrons. The molecule has 0 saturated heterocycles. The Morgan fingerprint density at radius 3 is 2.29 bits per heavy atom. The minimum Gasteiger partial charge on any atom is -0.481 e. The summed E-state index contributed by atoms with van der Waals surface area (Å²) >= 11 is 6.16. The van der Waals surface area contributed by atoms with E-state index >= 15 is 0 Å². The summed E-state index contributed by atoms with van der Waals surface area (Å²) in [5.74, 6) is 0.398. The van der Waals surface area contributed by atoms with Crippen LogP contribution in [0.3, 0.4) is 0 Å². The Labute approximate surface area is 186 Å². The highest BCUT2D eigenvalue weighted by molar-refractivity contribution is 7.92. The SMILES string of the molecule is Cc1cc(O[C@@H](C)C(=O)Nc2ccc(S(=O)(=O)Nc3ccccn3)cc2)cc(C)c1Cl. The van der Waals surface area contributed by atoms with Crippen molar-refractivity contribution in [1.29, 1.82) is 0 Å². The van der Waals surface area contributed by atoms with Gasteiger partial charge in [0.25, 0.3) is 15.9 Å². The van der Waals surface area contributed by atoms with Gasteiger partial charge in [-0.05, 0) is 80.4 Å². The number of halogens is 1. The zero-order chi connectivity index (χ0) is 22.6. The van der Waals surface area contributed by atoms with Crippen LogP contribution < -0.4 is 14.8 Å². The van der Waals surface area contributed by atoms with E-state index in [1.807, 2.05) is 13.8 Å². The lowest BCUT2D eigenvalue weighted by atomic mass is 10.1. The molecule has 0 aliphatic heterocycles. The van der Waals surface area contributed by atoms with E-state index in [0.717, 1.165) is 11.1 Å². The molecular formula is C22H22ClN3O4S. The lowest BCUT2D eigenvalue weighted by molar-refractivity contribution is -0.122. The first-order valence-electron chi connectivity index (χ1n) is 9.44. The first kappa shape index (κ1) is 22.6. The lowest BCUT2D eigenvalue weighted by Gasteiger charge is -2.16. The minimum atomic E-state index is -3.79. The van der Waals surface area contributed by atoms with Gasteiger partial charge in [0.15, 0.2) is 6.10 Å². The number of rotatable bonds is 7. The summed E-state index contributed by atoms with van der Waals surface area (Å²) in [6, 6.07) is 14.3. The number of aromatic nitrogens is 1. The molecule has 1 heterocycles. The van der Waals surface area contributed by atoms with Gasteiger partial charge in [-0.2, -0.15) is 0 Å². The number of aryl methyl sites for hydroxylation is 2. The molecule has 9 heteroatoms. The number of hydrogen-bond donors (Lipinski definition) is 2. The van der Waals surface area contributed by atoms with Crippen molar-refractivity contribution in [2.75, 3.05) is 10.0 Å². The van der Waals surface area contributed by atoms with Gasteiger partial charge in [-0.15, -0.1) is 0 Å². The first-order valence-corrected chi connectivity index (χ1v) is 11.3. The maximum Gasteiger partial charge on any atom is 0.265 e. The second kappa shape index (κ2) is 9.36. The van der Waals surface area contributed by atoms with Crippen LogP contribution in [0.4, 0.5) is 11.5 Å². The molecule has 1 aromatic heterocycles. The maximum atomic E-state index is 12.5. The van der Waals surface area contributed by atoms with Crippen LogP contribution in [0.15, 0.2) is 65.7 Å². The zero-order valence-corrected chi connectivity index (χ0v) is 18.8. The molecule has 0 fully saturated rings. The Hall–Kier alpha value is -3.10. The number of carbonyl (C=O) groups excluding carboxylic acids is 1. The molecule has 7 nitrogen and oxygen atoms in total. The summed E-state index contributed by atoms with van der Waals surface area (Å²) in [7, 11) is -3.79. The fraction of sp³-hybridized carbons (Fsp3) is 0.182. The van der Waals surface area contributed by atoms with Gasteiger partial charge in [0.2, 0.25) is 0 Å². The van der Waals surface area contributed by atoms with Gasteiger partial charge in [0, 0.05) is 16.9 Å². The van der Waals surface area contributed by atoms with Gasteiger partial charge in [-0.25, -0.2) is 13.4 Å². The van der Waals surface area contributed by atoms with Crippen LogP contribution in [0, 0.1) is 13.8 Å². The van der Waals surface area contributed by atoms with Gasteiger partial charge in [0.1, 0.15) is 11.6 Å². The third-order valence-electron chi connectivity index (χ3n) is 4.43. The Balaban J connectivity index is 1.64. The number of nitrogens with one attached hydrogen (secondary N) is 2. The summed E-state index contributed by atoms with van der Waals surface area (Å²) in [6.45, 7) is 5.36. The highest BCUT2D eigenvalue weighted by Gasteiger charge is 2.18. The Morgan fingerprint density at radius 2 is 1.71 bits per heavy atom. The number of hydrogen-bond acceptors (Lipinski definition) is 5. The van der Waals surface area contributed by atoms with Crippen LogP contribution in [-0.2, 0) is 14.8 Å². The molecule has 0 aliphatic rings. The van der Waals surface area contributed by atoms with Crippen molar-refractivity contribution in [3.8, 4) is 5.75 Å². The number of nitrogens with zero attached hydrogens (tertiary/aromatic N) is 1. The molecule has 0 unspecified atom stereocenters. The van der Waals surface area contributed by atoms with E-state index in [1.54, 1.807) is 37.3 Å².